The number of hydrogen-bond acceptors (Lipinski definition) is 4. The second kappa shape index (κ2) is 5.13. The lowest BCUT2D eigenvalue weighted by molar-refractivity contribution is -0.108. The smallest absolute Gasteiger partial charge is 0.120 e. The van der Waals surface area contributed by atoms with Crippen molar-refractivity contribution in [2.75, 3.05) is 0 Å². The maximum absolute atomic E-state index is 10.4. The van der Waals surface area contributed by atoms with Gasteiger partial charge in [-0.2, -0.15) is 4.91 Å². The highest BCUT2D eigenvalue weighted by Crippen LogP contribution is 2.20. The van der Waals surface area contributed by atoms with Crippen LogP contribution in [0.1, 0.15) is 24.4 Å². The quantitative estimate of drug-likeness (QED) is 0.510. The normalized spacial score (nSPS) is 12.0. The van der Waals surface area contributed by atoms with Crippen molar-refractivity contribution >= 4 is 6.29 Å². The van der Waals surface area contributed by atoms with Crippen LogP contribution in [0.15, 0.2) is 29.7 Å². The second-order valence-electron chi connectivity index (χ2n) is 2.65. The zero-order valence-corrected chi connectivity index (χ0v) is 7.09. The van der Waals surface area contributed by atoms with Gasteiger partial charge in [-0.3, -0.25) is 4.98 Å². The summed E-state index contributed by atoms with van der Waals surface area (Å²) in [5.41, 5.74) is 0.763. The first-order valence-corrected chi connectivity index (χ1v) is 4.04. The predicted octanol–water partition coefficient (Wildman–Crippen LogP) is 1.87. The van der Waals surface area contributed by atoms with Crippen molar-refractivity contribution in [2.45, 2.75) is 18.9 Å². The van der Waals surface area contributed by atoms with E-state index in [-0.39, 0.29) is 0 Å². The fraction of sp³-hybridized carbons (Fsp3) is 0.333. The molecule has 1 atom stereocenters. The van der Waals surface area contributed by atoms with E-state index in [9.17, 15) is 9.70 Å². The van der Waals surface area contributed by atoms with Crippen LogP contribution in [0.25, 0.3) is 0 Å². The average Bonchev–Trinajstić information content (AvgIpc) is 2.21. The Balaban J connectivity index is 2.66. The van der Waals surface area contributed by atoms with Crippen LogP contribution >= 0.6 is 0 Å². The van der Waals surface area contributed by atoms with Crippen molar-refractivity contribution in [1.82, 2.24) is 4.98 Å². The average molecular weight is 178 g/mol. The predicted molar refractivity (Wildman–Crippen MR) is 48.1 cm³/mol. The van der Waals surface area contributed by atoms with Crippen LogP contribution in [0.4, 0.5) is 0 Å². The van der Waals surface area contributed by atoms with Crippen molar-refractivity contribution in [3.05, 3.63) is 35.0 Å². The molecule has 0 aliphatic carbocycles. The summed E-state index contributed by atoms with van der Waals surface area (Å²) in [5.74, 6) is 0. The molecule has 68 valence electrons. The number of carbonyl (C=O) groups excluding carboxylic acids is 1. The Kier molecular flexibility index (Phi) is 3.75. The first-order valence-electron chi connectivity index (χ1n) is 4.04. The monoisotopic (exact) mass is 178 g/mol. The lowest BCUT2D eigenvalue weighted by Gasteiger charge is -2.05. The number of rotatable bonds is 5. The number of pyridine rings is 1. The Morgan fingerprint density at radius 2 is 2.46 bits per heavy atom. The van der Waals surface area contributed by atoms with Gasteiger partial charge in [-0.25, -0.2) is 0 Å². The van der Waals surface area contributed by atoms with Crippen LogP contribution in [0.2, 0.25) is 0 Å². The molecule has 1 rings (SSSR count). The van der Waals surface area contributed by atoms with Gasteiger partial charge in [-0.15, -0.1) is 0 Å². The van der Waals surface area contributed by atoms with Crippen LogP contribution < -0.4 is 0 Å². The molecule has 0 fully saturated rings. The summed E-state index contributed by atoms with van der Waals surface area (Å²) in [6, 6.07) is 3.08. The lowest BCUT2D eigenvalue weighted by atomic mass is 10.1. The molecular weight excluding hydrogens is 168 g/mol. The number of aromatic nitrogens is 1. The Labute approximate surface area is 76.0 Å². The first kappa shape index (κ1) is 9.51. The summed E-state index contributed by atoms with van der Waals surface area (Å²) >= 11 is 0. The highest BCUT2D eigenvalue weighted by atomic mass is 16.3. The standard InChI is InChI=1S/C9H10N2O2/c12-6-2-4-9(11-13)8-3-1-5-10-7-8/h1,3,5-7,9H,2,4H2. The SMILES string of the molecule is O=CCCC(N=O)c1cccnc1. The number of hydrogen-bond donors (Lipinski definition) is 0. The van der Waals surface area contributed by atoms with Crippen LogP contribution in [-0.2, 0) is 4.79 Å². The highest BCUT2D eigenvalue weighted by Gasteiger charge is 2.10. The molecule has 0 saturated carbocycles. The molecule has 1 aromatic heterocycles. The minimum absolute atomic E-state index is 0.352. The largest absolute Gasteiger partial charge is 0.303 e. The summed E-state index contributed by atoms with van der Waals surface area (Å²) in [6.07, 6.45) is 4.82. The maximum atomic E-state index is 10.4. The van der Waals surface area contributed by atoms with Gasteiger partial charge in [0.2, 0.25) is 0 Å². The minimum Gasteiger partial charge on any atom is -0.303 e. The summed E-state index contributed by atoms with van der Waals surface area (Å²) in [4.78, 5) is 24.4. The number of carbonyl (C=O) groups is 1. The molecule has 0 aliphatic rings. The molecule has 1 heterocycles. The third kappa shape index (κ3) is 2.74. The van der Waals surface area contributed by atoms with Gasteiger partial charge < -0.3 is 4.79 Å². The van der Waals surface area contributed by atoms with E-state index in [1.165, 1.54) is 0 Å². The van der Waals surface area contributed by atoms with Gasteiger partial charge in [0, 0.05) is 18.8 Å². The summed E-state index contributed by atoms with van der Waals surface area (Å²) in [6.45, 7) is 0. The van der Waals surface area contributed by atoms with Crippen LogP contribution in [0.3, 0.4) is 0 Å². The van der Waals surface area contributed by atoms with Crippen molar-refractivity contribution < 1.29 is 4.79 Å². The molecule has 4 heteroatoms. The molecule has 0 saturated heterocycles. The molecule has 0 aromatic carbocycles. The molecule has 0 spiro atoms. The van der Waals surface area contributed by atoms with E-state index in [1.807, 2.05) is 0 Å². The molecule has 0 amide bonds. The molecule has 0 bridgehead atoms. The second-order valence-corrected chi connectivity index (χ2v) is 2.65. The van der Waals surface area contributed by atoms with E-state index < -0.39 is 6.04 Å². The first-order chi connectivity index (χ1) is 6.38. The Morgan fingerprint density at radius 3 is 3.00 bits per heavy atom. The molecule has 0 aliphatic heterocycles. The van der Waals surface area contributed by atoms with Gasteiger partial charge in [0.1, 0.15) is 12.3 Å². The fourth-order valence-corrected chi connectivity index (χ4v) is 1.08. The maximum Gasteiger partial charge on any atom is 0.120 e. The minimum atomic E-state index is -0.445. The van der Waals surface area contributed by atoms with Crippen LogP contribution in [0, 0.1) is 4.91 Å². The van der Waals surface area contributed by atoms with Crippen LogP contribution in [-0.4, -0.2) is 11.3 Å². The van der Waals surface area contributed by atoms with Gasteiger partial charge in [-0.1, -0.05) is 11.2 Å². The van der Waals surface area contributed by atoms with E-state index in [2.05, 4.69) is 10.2 Å². The number of nitrogens with zero attached hydrogens (tertiary/aromatic N) is 2. The van der Waals surface area contributed by atoms with Gasteiger partial charge in [0.05, 0.1) is 0 Å². The van der Waals surface area contributed by atoms with E-state index in [4.69, 9.17) is 0 Å². The summed E-state index contributed by atoms with van der Waals surface area (Å²) < 4.78 is 0. The number of nitroso groups, excluding NO2 is 1. The van der Waals surface area contributed by atoms with Gasteiger partial charge >= 0.3 is 0 Å². The van der Waals surface area contributed by atoms with E-state index in [1.54, 1.807) is 24.5 Å². The van der Waals surface area contributed by atoms with Crippen LogP contribution in [0.5, 0.6) is 0 Å². The molecule has 0 N–H and O–H groups in total. The molecule has 4 nitrogen and oxygen atoms in total. The summed E-state index contributed by atoms with van der Waals surface area (Å²) in [7, 11) is 0. The Morgan fingerprint density at radius 1 is 1.62 bits per heavy atom. The zero-order valence-electron chi connectivity index (χ0n) is 7.09. The third-order valence-electron chi connectivity index (χ3n) is 1.75. The van der Waals surface area contributed by atoms with Gasteiger partial charge in [0.15, 0.2) is 0 Å². The highest BCUT2D eigenvalue weighted by molar-refractivity contribution is 5.49. The van der Waals surface area contributed by atoms with E-state index in [0.717, 1.165) is 11.8 Å². The molecule has 1 aromatic rings. The third-order valence-corrected chi connectivity index (χ3v) is 1.75. The molecule has 0 radical (unpaired) electrons. The van der Waals surface area contributed by atoms with Crippen molar-refractivity contribution in [3.8, 4) is 0 Å². The van der Waals surface area contributed by atoms with Gasteiger partial charge in [0.25, 0.3) is 0 Å². The topological polar surface area (TPSA) is 59.4 Å². The molecule has 1 unspecified atom stereocenters. The van der Waals surface area contributed by atoms with Gasteiger partial charge in [-0.05, 0) is 18.1 Å². The van der Waals surface area contributed by atoms with E-state index >= 15 is 0 Å². The van der Waals surface area contributed by atoms with Crippen molar-refractivity contribution in [1.29, 1.82) is 0 Å². The Bertz CT molecular complexity index is 274. The molecular formula is C9H10N2O2. The Hall–Kier alpha value is -1.58. The van der Waals surface area contributed by atoms with E-state index in [0.29, 0.717) is 12.8 Å². The van der Waals surface area contributed by atoms with Crippen molar-refractivity contribution in [3.63, 3.8) is 0 Å². The van der Waals surface area contributed by atoms with Crippen molar-refractivity contribution in [2.24, 2.45) is 5.18 Å². The zero-order chi connectivity index (χ0) is 9.52. The lowest BCUT2D eigenvalue weighted by Crippen LogP contribution is -1.95. The fourth-order valence-electron chi connectivity index (χ4n) is 1.08. The number of aldehydes is 1. The summed E-state index contributed by atoms with van der Waals surface area (Å²) in [5, 5.41) is 2.95. The molecule has 13 heavy (non-hydrogen) atoms.